The summed E-state index contributed by atoms with van der Waals surface area (Å²) in [6, 6.07) is 22.1. The molecule has 196 valence electrons. The summed E-state index contributed by atoms with van der Waals surface area (Å²) in [4.78, 5) is 15.6. The second kappa shape index (κ2) is 12.0. The number of benzene rings is 3. The number of amides is 1. The van der Waals surface area contributed by atoms with Crippen molar-refractivity contribution in [3.63, 3.8) is 0 Å². The fourth-order valence-electron chi connectivity index (χ4n) is 5.31. The van der Waals surface area contributed by atoms with Gasteiger partial charge in [0.05, 0.1) is 5.56 Å². The van der Waals surface area contributed by atoms with Crippen LogP contribution in [0, 0.1) is 13.8 Å². The van der Waals surface area contributed by atoms with Gasteiger partial charge in [-0.05, 0) is 87.9 Å². The van der Waals surface area contributed by atoms with Crippen LogP contribution in [0.5, 0.6) is 0 Å². The first-order valence-corrected chi connectivity index (χ1v) is 13.0. The van der Waals surface area contributed by atoms with Gasteiger partial charge in [0.25, 0.3) is 5.91 Å². The number of rotatable bonds is 8. The molecule has 4 rings (SSSR count). The number of alkyl halides is 3. The lowest BCUT2D eigenvalue weighted by atomic mass is 9.91. The molecule has 6 heteroatoms. The van der Waals surface area contributed by atoms with Gasteiger partial charge in [-0.3, -0.25) is 4.79 Å². The van der Waals surface area contributed by atoms with Gasteiger partial charge in [-0.1, -0.05) is 59.7 Å². The number of likely N-dealkylation sites (tertiary alicyclic amines) is 1. The molecule has 1 N–H and O–H groups in total. The van der Waals surface area contributed by atoms with Crippen LogP contribution in [-0.4, -0.2) is 36.0 Å². The van der Waals surface area contributed by atoms with Crippen molar-refractivity contribution in [2.24, 2.45) is 0 Å². The number of halogens is 3. The van der Waals surface area contributed by atoms with E-state index in [0.717, 1.165) is 73.0 Å². The Bertz CT molecular complexity index is 1160. The van der Waals surface area contributed by atoms with Crippen molar-refractivity contribution < 1.29 is 18.0 Å². The van der Waals surface area contributed by atoms with E-state index in [1.165, 1.54) is 5.56 Å². The van der Waals surface area contributed by atoms with Crippen LogP contribution < -0.4 is 5.32 Å². The smallest absolute Gasteiger partial charge is 0.335 e. The molecule has 1 amide bonds. The fraction of sp³-hybridized carbons (Fsp3) is 0.387. The van der Waals surface area contributed by atoms with Gasteiger partial charge in [-0.15, -0.1) is 0 Å². The Morgan fingerprint density at radius 2 is 1.62 bits per heavy atom. The predicted molar refractivity (Wildman–Crippen MR) is 142 cm³/mol. The molecular formula is C31H35F3N2O. The maximum atomic E-state index is 13.5. The first kappa shape index (κ1) is 26.9. The average Bonchev–Trinajstić information content (AvgIpc) is 2.86. The monoisotopic (exact) mass is 508 g/mol. The molecule has 0 aliphatic carbocycles. The first-order chi connectivity index (χ1) is 17.7. The van der Waals surface area contributed by atoms with Gasteiger partial charge in [0.15, 0.2) is 0 Å². The van der Waals surface area contributed by atoms with Crippen LogP contribution in [-0.2, 0) is 19.0 Å². The highest BCUT2D eigenvalue weighted by Crippen LogP contribution is 2.29. The van der Waals surface area contributed by atoms with Gasteiger partial charge >= 0.3 is 6.18 Å². The summed E-state index contributed by atoms with van der Waals surface area (Å²) in [6.45, 7) is 5.52. The summed E-state index contributed by atoms with van der Waals surface area (Å²) in [6.07, 6.45) is -0.182. The van der Waals surface area contributed by atoms with Crippen LogP contribution in [0.3, 0.4) is 0 Å². The largest absolute Gasteiger partial charge is 0.416 e. The minimum Gasteiger partial charge on any atom is -0.335 e. The zero-order chi connectivity index (χ0) is 26.4. The normalized spacial score (nSPS) is 18.1. The second-order valence-corrected chi connectivity index (χ2v) is 10.2. The lowest BCUT2D eigenvalue weighted by Crippen LogP contribution is -2.52. The number of aryl methyl sites for hydroxylation is 3. The zero-order valence-electron chi connectivity index (χ0n) is 21.5. The van der Waals surface area contributed by atoms with Gasteiger partial charge in [0, 0.05) is 24.2 Å². The average molecular weight is 509 g/mol. The topological polar surface area (TPSA) is 32.3 Å². The van der Waals surface area contributed by atoms with E-state index in [2.05, 4.69) is 23.5 Å². The predicted octanol–water partition coefficient (Wildman–Crippen LogP) is 6.76. The van der Waals surface area contributed by atoms with Crippen LogP contribution >= 0.6 is 0 Å². The number of carbonyl (C=O) groups excluding carboxylic acids is 1. The molecule has 1 heterocycles. The fourth-order valence-corrected chi connectivity index (χ4v) is 5.31. The molecule has 37 heavy (non-hydrogen) atoms. The Balaban J connectivity index is 1.36. The molecule has 0 saturated carbocycles. The van der Waals surface area contributed by atoms with Crippen molar-refractivity contribution in [2.75, 3.05) is 13.1 Å². The zero-order valence-corrected chi connectivity index (χ0v) is 21.5. The third-order valence-corrected chi connectivity index (χ3v) is 7.12. The number of hydrogen-bond acceptors (Lipinski definition) is 2. The van der Waals surface area contributed by atoms with Crippen molar-refractivity contribution in [3.8, 4) is 0 Å². The highest BCUT2D eigenvalue weighted by atomic mass is 19.4. The molecule has 0 unspecified atom stereocenters. The molecule has 0 aromatic heterocycles. The minimum absolute atomic E-state index is 0.0912. The van der Waals surface area contributed by atoms with Crippen LogP contribution in [0.25, 0.3) is 0 Å². The van der Waals surface area contributed by atoms with E-state index >= 15 is 0 Å². The van der Waals surface area contributed by atoms with Gasteiger partial charge in [-0.25, -0.2) is 0 Å². The van der Waals surface area contributed by atoms with Gasteiger partial charge in [0.1, 0.15) is 0 Å². The van der Waals surface area contributed by atoms with E-state index in [1.807, 2.05) is 49.1 Å². The number of piperidine rings is 1. The van der Waals surface area contributed by atoms with Crippen molar-refractivity contribution in [2.45, 2.75) is 64.2 Å². The standard InChI is InChI=1S/C31H35F3N2O/c1-22-17-23(2)19-26(18-22)30(37)36-16-14-28(21-29(36)20-25-7-4-3-5-8-25)35-15-6-9-24-10-12-27(13-11-24)31(32,33)34/h3-5,7-8,10-13,17-19,28-29,35H,6,9,14-16,20-21H2,1-2H3/t28-,29-/m0/s1. The van der Waals surface area contributed by atoms with E-state index in [0.29, 0.717) is 12.6 Å². The van der Waals surface area contributed by atoms with E-state index in [1.54, 1.807) is 12.1 Å². The maximum Gasteiger partial charge on any atom is 0.416 e. The molecule has 1 fully saturated rings. The number of nitrogens with zero attached hydrogens (tertiary/aromatic N) is 1. The van der Waals surface area contributed by atoms with Crippen molar-refractivity contribution in [3.05, 3.63) is 106 Å². The van der Waals surface area contributed by atoms with Crippen LogP contribution in [0.15, 0.2) is 72.8 Å². The van der Waals surface area contributed by atoms with Crippen molar-refractivity contribution in [1.29, 1.82) is 0 Å². The molecule has 0 spiro atoms. The van der Waals surface area contributed by atoms with Crippen LogP contribution in [0.4, 0.5) is 13.2 Å². The summed E-state index contributed by atoms with van der Waals surface area (Å²) in [5.74, 6) is 0.0912. The molecule has 3 aromatic carbocycles. The highest BCUT2D eigenvalue weighted by molar-refractivity contribution is 5.95. The van der Waals surface area contributed by atoms with E-state index < -0.39 is 11.7 Å². The summed E-state index contributed by atoms with van der Waals surface area (Å²) in [5.41, 5.74) is 4.44. The third kappa shape index (κ3) is 7.45. The molecule has 2 atom stereocenters. The van der Waals surface area contributed by atoms with Crippen molar-refractivity contribution >= 4 is 5.91 Å². The minimum atomic E-state index is -4.30. The Morgan fingerprint density at radius 3 is 2.27 bits per heavy atom. The molecule has 1 aliphatic rings. The Kier molecular flexibility index (Phi) is 8.70. The molecule has 3 nitrogen and oxygen atoms in total. The number of carbonyl (C=O) groups is 1. The summed E-state index contributed by atoms with van der Waals surface area (Å²) in [5, 5.41) is 3.64. The Morgan fingerprint density at radius 1 is 0.946 bits per heavy atom. The lowest BCUT2D eigenvalue weighted by Gasteiger charge is -2.40. The van der Waals surface area contributed by atoms with Crippen molar-refractivity contribution in [1.82, 2.24) is 10.2 Å². The molecular weight excluding hydrogens is 473 g/mol. The van der Waals surface area contributed by atoms with Gasteiger partial charge in [0.2, 0.25) is 0 Å². The Hall–Kier alpha value is -3.12. The SMILES string of the molecule is Cc1cc(C)cc(C(=O)N2CC[C@H](NCCCc3ccc(C(F)(F)F)cc3)C[C@@H]2Cc2ccccc2)c1. The highest BCUT2D eigenvalue weighted by Gasteiger charge is 2.32. The molecule has 0 bridgehead atoms. The lowest BCUT2D eigenvalue weighted by molar-refractivity contribution is -0.137. The molecule has 1 aliphatic heterocycles. The third-order valence-electron chi connectivity index (χ3n) is 7.12. The maximum absolute atomic E-state index is 13.5. The molecule has 3 aromatic rings. The van der Waals surface area contributed by atoms with E-state index in [-0.39, 0.29) is 11.9 Å². The Labute approximate surface area is 217 Å². The summed E-state index contributed by atoms with van der Waals surface area (Å²) >= 11 is 0. The molecule has 0 radical (unpaired) electrons. The van der Waals surface area contributed by atoms with Gasteiger partial charge < -0.3 is 10.2 Å². The van der Waals surface area contributed by atoms with E-state index in [9.17, 15) is 18.0 Å². The summed E-state index contributed by atoms with van der Waals surface area (Å²) in [7, 11) is 0. The van der Waals surface area contributed by atoms with Gasteiger partial charge in [-0.2, -0.15) is 13.2 Å². The van der Waals surface area contributed by atoms with Crippen LogP contribution in [0.2, 0.25) is 0 Å². The summed E-state index contributed by atoms with van der Waals surface area (Å²) < 4.78 is 38.3. The van der Waals surface area contributed by atoms with Crippen LogP contribution in [0.1, 0.15) is 57.4 Å². The second-order valence-electron chi connectivity index (χ2n) is 10.2. The first-order valence-electron chi connectivity index (χ1n) is 13.0. The number of nitrogens with one attached hydrogen (secondary N) is 1. The molecule has 1 saturated heterocycles. The van der Waals surface area contributed by atoms with E-state index in [4.69, 9.17) is 0 Å². The number of hydrogen-bond donors (Lipinski definition) is 1. The quantitative estimate of drug-likeness (QED) is 0.341.